The van der Waals surface area contributed by atoms with Crippen LogP contribution in [0.4, 0.5) is 10.1 Å². The molecule has 0 aliphatic heterocycles. The van der Waals surface area contributed by atoms with E-state index in [1.54, 1.807) is 12.1 Å². The molecule has 0 spiro atoms. The van der Waals surface area contributed by atoms with E-state index in [0.717, 1.165) is 11.3 Å². The number of para-hydroxylation sites is 1. The van der Waals surface area contributed by atoms with Gasteiger partial charge in [-0.2, -0.15) is 0 Å². The van der Waals surface area contributed by atoms with Crippen LogP contribution in [0.2, 0.25) is 0 Å². The Balaban J connectivity index is 0.00000169. The molecular weight excluding hydrogens is 607 g/mol. The molecule has 1 heterocycles. The maximum absolute atomic E-state index is 14.0. The van der Waals surface area contributed by atoms with Crippen molar-refractivity contribution in [3.05, 3.63) is 102 Å². The number of carbonyl (C=O) groups is 3. The molecule has 2 atom stereocenters. The average molecular weight is 645 g/mol. The number of carbonyl (C=O) groups excluding carboxylic acids is 1. The van der Waals surface area contributed by atoms with Gasteiger partial charge in [-0.05, 0) is 66.3 Å². The van der Waals surface area contributed by atoms with Crippen molar-refractivity contribution in [2.45, 2.75) is 57.8 Å². The molecule has 232 valence electrons. The van der Waals surface area contributed by atoms with Gasteiger partial charge in [-0.25, -0.2) is 4.39 Å². The van der Waals surface area contributed by atoms with Gasteiger partial charge in [-0.15, -0.1) is 0 Å². The van der Waals surface area contributed by atoms with Crippen LogP contribution < -0.4 is 5.32 Å². The van der Waals surface area contributed by atoms with Gasteiger partial charge in [0.15, 0.2) is 0 Å². The number of rotatable bonds is 12. The van der Waals surface area contributed by atoms with E-state index in [2.05, 4.69) is 5.32 Å². The van der Waals surface area contributed by atoms with Gasteiger partial charge < -0.3 is 30.3 Å². The van der Waals surface area contributed by atoms with Gasteiger partial charge in [0.2, 0.25) is 0 Å². The van der Waals surface area contributed by atoms with Crippen LogP contribution in [-0.4, -0.2) is 93.3 Å². The first-order valence-electron chi connectivity index (χ1n) is 14.2. The fourth-order valence-corrected chi connectivity index (χ4v) is 5.20. The molecular formula is C34H37CaFN2O7+2. The number of benzene rings is 3. The van der Waals surface area contributed by atoms with E-state index in [0.29, 0.717) is 28.1 Å². The van der Waals surface area contributed by atoms with Gasteiger partial charge in [-0.1, -0.05) is 62.4 Å². The van der Waals surface area contributed by atoms with E-state index < -0.39 is 24.6 Å². The number of amides is 1. The second-order valence-electron chi connectivity index (χ2n) is 10.5. The quantitative estimate of drug-likeness (QED) is 0.0991. The fraction of sp³-hybridized carbons (Fsp3) is 0.265. The van der Waals surface area contributed by atoms with E-state index in [1.165, 1.54) is 12.1 Å². The molecule has 0 unspecified atom stereocenters. The van der Waals surface area contributed by atoms with Gasteiger partial charge in [-0.3, -0.25) is 14.4 Å². The topological polar surface area (TPSA) is 149 Å². The van der Waals surface area contributed by atoms with Crippen LogP contribution in [0.25, 0.3) is 22.4 Å². The minimum Gasteiger partial charge on any atom is -0.483 e. The van der Waals surface area contributed by atoms with E-state index in [-0.39, 0.29) is 81.2 Å². The smallest absolute Gasteiger partial charge is 0.483 e. The largest absolute Gasteiger partial charge is 2.00 e. The second kappa shape index (κ2) is 18.4. The van der Waals surface area contributed by atoms with Crippen molar-refractivity contribution >= 4 is 61.8 Å². The monoisotopic (exact) mass is 644 g/mol. The summed E-state index contributed by atoms with van der Waals surface area (Å²) in [6.45, 7) is 4.00. The van der Waals surface area contributed by atoms with Crippen LogP contribution in [0.3, 0.4) is 0 Å². The summed E-state index contributed by atoms with van der Waals surface area (Å²) in [5.74, 6) is -1.93. The Morgan fingerprint density at radius 3 is 1.98 bits per heavy atom. The molecule has 9 nitrogen and oxygen atoms in total. The summed E-state index contributed by atoms with van der Waals surface area (Å²) in [5.41, 5.74) is 4.77. The summed E-state index contributed by atoms with van der Waals surface area (Å²) in [5, 5.41) is 39.7. The summed E-state index contributed by atoms with van der Waals surface area (Å²) in [6, 6.07) is 24.8. The predicted octanol–water partition coefficient (Wildman–Crippen LogP) is 5.63. The number of carboxylic acids is 1. The van der Waals surface area contributed by atoms with Gasteiger partial charge in [0.05, 0.1) is 29.9 Å². The van der Waals surface area contributed by atoms with Gasteiger partial charge >= 0.3 is 43.7 Å². The third kappa shape index (κ3) is 10.5. The molecule has 0 aliphatic carbocycles. The normalized spacial score (nSPS) is 11.9. The van der Waals surface area contributed by atoms with Crippen LogP contribution in [-0.2, 0) is 16.1 Å². The molecule has 1 aromatic heterocycles. The molecule has 0 aliphatic rings. The molecule has 45 heavy (non-hydrogen) atoms. The number of aliphatic hydroxyl groups excluding tert-OH is 2. The number of aromatic nitrogens is 1. The zero-order valence-electron chi connectivity index (χ0n) is 25.3. The minimum atomic E-state index is -1.18. The maximum Gasteiger partial charge on any atom is 2.00 e. The van der Waals surface area contributed by atoms with Crippen LogP contribution in [0.1, 0.15) is 55.1 Å². The van der Waals surface area contributed by atoms with Gasteiger partial charge in [0.1, 0.15) is 5.82 Å². The number of anilines is 1. The molecule has 0 bridgehead atoms. The number of carboxylic acid groups (broad SMARTS) is 2. The summed E-state index contributed by atoms with van der Waals surface area (Å²) < 4.78 is 16.0. The van der Waals surface area contributed by atoms with Gasteiger partial charge in [0.25, 0.3) is 12.4 Å². The standard InChI is InChI=1S/C33H35FN2O5.CH2O2.Ca/c1-21(2)31-30(33(41)35-25-11-7-4-8-12-25)29(22-9-5-3-6-10-22)32(23-13-15-24(34)16-14-23)36(31)18-17-26(37)19-27(38)20-28(39)40;2-1-3;/h3-16,21,26-27,37-38H,17-20H2,1-2H3,(H,35,41)(H,39,40);1H,(H,2,3);/q;;+2/t26-,27-;;/m1../s1. The maximum atomic E-state index is 14.0. The molecule has 0 fully saturated rings. The van der Waals surface area contributed by atoms with Crippen molar-refractivity contribution in [2.75, 3.05) is 5.32 Å². The van der Waals surface area contributed by atoms with E-state index in [4.69, 9.17) is 15.0 Å². The third-order valence-corrected chi connectivity index (χ3v) is 6.93. The molecule has 11 heteroatoms. The zero-order valence-corrected chi connectivity index (χ0v) is 27.5. The summed E-state index contributed by atoms with van der Waals surface area (Å²) in [7, 11) is 0. The zero-order chi connectivity index (χ0) is 32.2. The van der Waals surface area contributed by atoms with Gasteiger partial charge in [0, 0.05) is 23.5 Å². The third-order valence-electron chi connectivity index (χ3n) is 6.93. The van der Waals surface area contributed by atoms with Crippen molar-refractivity contribution < 1.29 is 39.2 Å². The minimum absolute atomic E-state index is 0. The van der Waals surface area contributed by atoms with Crippen LogP contribution >= 0.6 is 0 Å². The van der Waals surface area contributed by atoms with Crippen molar-refractivity contribution in [1.82, 2.24) is 4.57 Å². The van der Waals surface area contributed by atoms with Crippen LogP contribution in [0, 0.1) is 5.82 Å². The number of hydrogen-bond donors (Lipinski definition) is 5. The Labute approximate surface area is 291 Å². The SMILES string of the molecule is CC(C)c1c(C(=O)Nc2ccccc2)c(-c2ccccc2)c(-c2ccc(F)cc2)n1CC[C@@H](O)C[C@@H](O)CC(=O)O.O=CO.[Ca+2]. The number of hydrogen-bond acceptors (Lipinski definition) is 5. The summed E-state index contributed by atoms with van der Waals surface area (Å²) >= 11 is 0. The first-order chi connectivity index (χ1) is 21.1. The van der Waals surface area contributed by atoms with Crippen LogP contribution in [0.15, 0.2) is 84.9 Å². The predicted molar refractivity (Wildman–Crippen MR) is 172 cm³/mol. The molecule has 4 rings (SSSR count). The Morgan fingerprint density at radius 1 is 0.889 bits per heavy atom. The Morgan fingerprint density at radius 2 is 1.44 bits per heavy atom. The Kier molecular flexibility index (Phi) is 15.4. The number of halogens is 1. The number of nitrogens with one attached hydrogen (secondary N) is 1. The molecule has 3 aromatic carbocycles. The molecule has 0 radical (unpaired) electrons. The fourth-order valence-electron chi connectivity index (χ4n) is 5.20. The van der Waals surface area contributed by atoms with E-state index in [1.807, 2.05) is 79.1 Å². The van der Waals surface area contributed by atoms with Crippen molar-refractivity contribution in [3.63, 3.8) is 0 Å². The number of aliphatic hydroxyl groups is 2. The molecule has 5 N–H and O–H groups in total. The summed E-state index contributed by atoms with van der Waals surface area (Å²) in [6.07, 6.45) is -2.51. The Bertz CT molecular complexity index is 1530. The van der Waals surface area contributed by atoms with Crippen molar-refractivity contribution in [1.29, 1.82) is 0 Å². The van der Waals surface area contributed by atoms with Crippen molar-refractivity contribution in [2.24, 2.45) is 0 Å². The average Bonchev–Trinajstić information content (AvgIpc) is 3.33. The first-order valence-corrected chi connectivity index (χ1v) is 14.2. The van der Waals surface area contributed by atoms with E-state index in [9.17, 15) is 24.2 Å². The molecule has 4 aromatic rings. The number of nitrogens with zero attached hydrogens (tertiary/aromatic N) is 1. The molecule has 1 amide bonds. The van der Waals surface area contributed by atoms with Crippen molar-refractivity contribution in [3.8, 4) is 22.4 Å². The summed E-state index contributed by atoms with van der Waals surface area (Å²) in [4.78, 5) is 33.4. The van der Waals surface area contributed by atoms with E-state index >= 15 is 0 Å². The van der Waals surface area contributed by atoms with Crippen LogP contribution in [0.5, 0.6) is 0 Å². The first kappa shape index (κ1) is 37.6. The Hall–Kier alpha value is -3.54. The molecule has 0 saturated carbocycles. The molecule has 0 saturated heterocycles. The number of aliphatic carboxylic acids is 1. The second-order valence-corrected chi connectivity index (χ2v) is 10.5.